The maximum absolute atomic E-state index is 5.42. The molecule has 1 atom stereocenters. The number of aliphatic imine (C=N–C) groups is 2. The van der Waals surface area contributed by atoms with Crippen molar-refractivity contribution in [2.24, 2.45) is 9.98 Å². The van der Waals surface area contributed by atoms with Crippen LogP contribution in [0.4, 0.5) is 0 Å². The predicted octanol–water partition coefficient (Wildman–Crippen LogP) is 13.9. The Balaban J connectivity index is 1.08. The molecule has 0 aliphatic carbocycles. The minimum atomic E-state index is -0.323. The molecule has 5 nitrogen and oxygen atoms in total. The largest absolute Gasteiger partial charge is 0.344 e. The van der Waals surface area contributed by atoms with E-state index in [0.29, 0.717) is 5.84 Å². The van der Waals surface area contributed by atoms with Gasteiger partial charge in [0.05, 0.1) is 22.1 Å². The summed E-state index contributed by atoms with van der Waals surface area (Å²) in [5, 5.41) is 13.5. The van der Waals surface area contributed by atoms with E-state index in [1.165, 1.54) is 58.1 Å². The lowest BCUT2D eigenvalue weighted by Crippen LogP contribution is -2.33. The van der Waals surface area contributed by atoms with E-state index < -0.39 is 0 Å². The fourth-order valence-electron chi connectivity index (χ4n) is 9.61. The normalized spacial score (nSPS) is 14.4. The van der Waals surface area contributed by atoms with Gasteiger partial charge < -0.3 is 14.5 Å². The van der Waals surface area contributed by atoms with Gasteiger partial charge in [0.2, 0.25) is 0 Å². The van der Waals surface area contributed by atoms with Crippen LogP contribution in [0.2, 0.25) is 0 Å². The van der Waals surface area contributed by atoms with Crippen LogP contribution in [0.1, 0.15) is 22.9 Å². The van der Waals surface area contributed by atoms with Crippen molar-refractivity contribution in [2.75, 3.05) is 0 Å². The number of aromatic nitrogens is 2. The molecular formula is C55H35N5S. The van der Waals surface area contributed by atoms with E-state index in [1.807, 2.05) is 11.3 Å². The fourth-order valence-corrected chi connectivity index (χ4v) is 10.9. The van der Waals surface area contributed by atoms with Gasteiger partial charge in [0, 0.05) is 64.2 Å². The molecule has 286 valence electrons. The zero-order chi connectivity index (χ0) is 40.0. The van der Waals surface area contributed by atoms with Crippen molar-refractivity contribution in [3.05, 3.63) is 217 Å². The highest BCUT2D eigenvalue weighted by Gasteiger charge is 2.26. The molecule has 61 heavy (non-hydrogen) atoms. The highest BCUT2D eigenvalue weighted by molar-refractivity contribution is 7.26. The van der Waals surface area contributed by atoms with Gasteiger partial charge in [-0.3, -0.25) is 0 Å². The predicted molar refractivity (Wildman–Crippen MR) is 257 cm³/mol. The molecule has 1 N–H and O–H groups in total. The molecule has 12 aromatic rings. The maximum Gasteiger partial charge on any atom is 0.160 e. The third-order valence-corrected chi connectivity index (χ3v) is 13.5. The van der Waals surface area contributed by atoms with Crippen molar-refractivity contribution < 1.29 is 0 Å². The van der Waals surface area contributed by atoms with Gasteiger partial charge in [0.15, 0.2) is 5.84 Å². The number of thiophene rings is 1. The molecule has 0 saturated carbocycles. The van der Waals surface area contributed by atoms with E-state index in [0.717, 1.165) is 50.3 Å². The molecule has 9 aromatic carbocycles. The quantitative estimate of drug-likeness (QED) is 0.185. The highest BCUT2D eigenvalue weighted by Crippen LogP contribution is 2.45. The summed E-state index contributed by atoms with van der Waals surface area (Å²) in [4.78, 5) is 10.8. The molecule has 0 radical (unpaired) electrons. The number of hydrogen-bond acceptors (Lipinski definition) is 4. The van der Waals surface area contributed by atoms with E-state index in [1.54, 1.807) is 0 Å². The van der Waals surface area contributed by atoms with E-state index in [4.69, 9.17) is 9.98 Å². The molecular weight excluding hydrogens is 763 g/mol. The maximum atomic E-state index is 5.42. The molecule has 0 fully saturated rings. The first kappa shape index (κ1) is 34.1. The highest BCUT2D eigenvalue weighted by atomic mass is 32.1. The summed E-state index contributed by atoms with van der Waals surface area (Å²) in [6, 6.07) is 71.9. The van der Waals surface area contributed by atoms with E-state index in [-0.39, 0.29) is 6.17 Å². The van der Waals surface area contributed by atoms with E-state index in [2.05, 4.69) is 215 Å². The summed E-state index contributed by atoms with van der Waals surface area (Å²) >= 11 is 1.87. The van der Waals surface area contributed by atoms with E-state index >= 15 is 0 Å². The second-order valence-corrected chi connectivity index (χ2v) is 16.8. The third kappa shape index (κ3) is 5.26. The van der Waals surface area contributed by atoms with Crippen LogP contribution in [-0.2, 0) is 0 Å². The third-order valence-electron chi connectivity index (χ3n) is 12.4. The topological polar surface area (TPSA) is 46.6 Å². The van der Waals surface area contributed by atoms with Crippen molar-refractivity contribution in [3.63, 3.8) is 0 Å². The summed E-state index contributed by atoms with van der Waals surface area (Å²) in [7, 11) is 0. The van der Waals surface area contributed by atoms with Crippen LogP contribution in [0.25, 0.3) is 85.9 Å². The number of nitrogens with zero attached hydrogens (tertiary/aromatic N) is 4. The van der Waals surface area contributed by atoms with Gasteiger partial charge >= 0.3 is 0 Å². The number of hydrogen-bond donors (Lipinski definition) is 1. The number of para-hydroxylation sites is 3. The Kier molecular flexibility index (Phi) is 7.47. The lowest BCUT2D eigenvalue weighted by atomic mass is 10.0. The first-order chi connectivity index (χ1) is 30.2. The van der Waals surface area contributed by atoms with Crippen molar-refractivity contribution in [1.82, 2.24) is 14.5 Å². The van der Waals surface area contributed by atoms with Crippen molar-refractivity contribution in [3.8, 4) is 11.4 Å². The van der Waals surface area contributed by atoms with E-state index in [9.17, 15) is 0 Å². The molecule has 6 heteroatoms. The van der Waals surface area contributed by atoms with Crippen LogP contribution in [0.15, 0.2) is 210 Å². The number of rotatable bonds is 5. The van der Waals surface area contributed by atoms with Crippen molar-refractivity contribution in [1.29, 1.82) is 0 Å². The number of nitrogens with one attached hydrogen (secondary N) is 1. The van der Waals surface area contributed by atoms with Gasteiger partial charge in [0.1, 0.15) is 12.0 Å². The molecule has 1 unspecified atom stereocenters. The summed E-state index contributed by atoms with van der Waals surface area (Å²) in [5.41, 5.74) is 10.1. The standard InChI is InChI=1S/C55H35N5S/c1-3-15-35(16-4-1)53-56-54(37-27-26-34-14-7-8-17-36(34)32-37)58-55(57-53)44-22-13-25-47-50(44)51-48(59(47)38-18-5-2-6-19-38)31-30-43-42-29-28-39(33-49(42)61-52(43)51)60-45-23-11-9-20-40(45)41-21-10-12-24-46(41)60/h1-33,53H,(H,56,57,58). The SMILES string of the molecule is c1ccc(C2N=C(c3cccc4c3c3c5sc6cc(-n7c8ccccc8c8ccccc87)ccc6c5ccc3n4-c3ccccc3)N=C(c3ccc4ccccc4c3)N2)cc1. The first-order valence-corrected chi connectivity index (χ1v) is 21.5. The number of amidine groups is 2. The Morgan fingerprint density at radius 1 is 0.459 bits per heavy atom. The fraction of sp³-hybridized carbons (Fsp3) is 0.0182. The second-order valence-electron chi connectivity index (χ2n) is 15.8. The van der Waals surface area contributed by atoms with Crippen LogP contribution in [0, 0.1) is 0 Å². The minimum absolute atomic E-state index is 0.323. The van der Waals surface area contributed by atoms with Crippen LogP contribution in [-0.4, -0.2) is 20.8 Å². The first-order valence-electron chi connectivity index (χ1n) is 20.7. The average molecular weight is 798 g/mol. The molecule has 3 aromatic heterocycles. The minimum Gasteiger partial charge on any atom is -0.344 e. The van der Waals surface area contributed by atoms with Gasteiger partial charge in [-0.15, -0.1) is 11.3 Å². The Morgan fingerprint density at radius 2 is 1.11 bits per heavy atom. The van der Waals surface area contributed by atoms with Gasteiger partial charge in [-0.25, -0.2) is 9.98 Å². The lowest BCUT2D eigenvalue weighted by molar-refractivity contribution is 0.674. The van der Waals surface area contributed by atoms with Crippen LogP contribution >= 0.6 is 11.3 Å². The molecule has 1 aliphatic rings. The zero-order valence-corrected chi connectivity index (χ0v) is 33.6. The average Bonchev–Trinajstić information content (AvgIpc) is 3.99. The molecule has 1 aliphatic heterocycles. The Hall–Kier alpha value is -7.80. The van der Waals surface area contributed by atoms with Crippen molar-refractivity contribution in [2.45, 2.75) is 6.17 Å². The Bertz CT molecular complexity index is 3740. The van der Waals surface area contributed by atoms with Crippen LogP contribution in [0.3, 0.4) is 0 Å². The van der Waals surface area contributed by atoms with Gasteiger partial charge in [-0.1, -0.05) is 146 Å². The lowest BCUT2D eigenvalue weighted by Gasteiger charge is -2.24. The zero-order valence-electron chi connectivity index (χ0n) is 32.8. The Labute approximate surface area is 354 Å². The van der Waals surface area contributed by atoms with Crippen LogP contribution < -0.4 is 5.32 Å². The Morgan fingerprint density at radius 3 is 1.92 bits per heavy atom. The summed E-state index contributed by atoms with van der Waals surface area (Å²) in [6.07, 6.45) is -0.323. The molecule has 0 bridgehead atoms. The van der Waals surface area contributed by atoms with Gasteiger partial charge in [-0.2, -0.15) is 0 Å². The monoisotopic (exact) mass is 797 g/mol. The number of fused-ring (bicyclic) bond motifs is 11. The molecule has 13 rings (SSSR count). The molecule has 0 amide bonds. The molecule has 4 heterocycles. The smallest absolute Gasteiger partial charge is 0.160 e. The molecule has 0 spiro atoms. The summed E-state index contributed by atoms with van der Waals surface area (Å²) in [5.74, 6) is 1.51. The molecule has 0 saturated heterocycles. The van der Waals surface area contributed by atoms with Crippen molar-refractivity contribution >= 4 is 97.6 Å². The number of benzene rings is 9. The summed E-state index contributed by atoms with van der Waals surface area (Å²) < 4.78 is 7.32. The van der Waals surface area contributed by atoms with Gasteiger partial charge in [0.25, 0.3) is 0 Å². The second kappa shape index (κ2) is 13.4. The van der Waals surface area contributed by atoms with Gasteiger partial charge in [-0.05, 0) is 70.9 Å². The van der Waals surface area contributed by atoms with Crippen LogP contribution in [0.5, 0.6) is 0 Å². The summed E-state index contributed by atoms with van der Waals surface area (Å²) in [6.45, 7) is 0.